The van der Waals surface area contributed by atoms with Gasteiger partial charge in [0.2, 0.25) is 5.91 Å². The van der Waals surface area contributed by atoms with E-state index in [0.29, 0.717) is 5.06 Å². The largest absolute Gasteiger partial charge is 0.634 e. The Bertz CT molecular complexity index is 318. The molecule has 0 atom stereocenters. The van der Waals surface area contributed by atoms with Crippen LogP contribution in [-0.4, -0.2) is 77.9 Å². The van der Waals surface area contributed by atoms with E-state index in [1.807, 2.05) is 0 Å². The molecule has 5 rings (SSSR count). The van der Waals surface area contributed by atoms with Crippen molar-refractivity contribution in [2.75, 3.05) is 72.0 Å². The SMILES string of the molecule is C1CCNC1.C1CCNCC1.C1CNCCN1.O=C1CCCN1.[O-][NH+]1CCCCC1. The van der Waals surface area contributed by atoms with E-state index in [1.165, 1.54) is 64.7 Å². The number of carbonyl (C=O) groups is 1. The molecule has 5 aliphatic heterocycles. The minimum absolute atomic E-state index is 0.204. The molecule has 30 heavy (non-hydrogen) atoms. The van der Waals surface area contributed by atoms with Gasteiger partial charge in [-0.25, -0.2) is 0 Å². The molecular formula is C22H48N6O2. The summed E-state index contributed by atoms with van der Waals surface area (Å²) in [6.45, 7) is 12.1. The number of hydroxylamine groups is 2. The van der Waals surface area contributed by atoms with Crippen LogP contribution in [0, 0.1) is 5.21 Å². The van der Waals surface area contributed by atoms with Crippen molar-refractivity contribution < 1.29 is 9.86 Å². The van der Waals surface area contributed by atoms with E-state index in [4.69, 9.17) is 0 Å². The molecule has 0 unspecified atom stereocenters. The fourth-order valence-electron chi connectivity index (χ4n) is 3.54. The van der Waals surface area contributed by atoms with E-state index in [9.17, 15) is 10.0 Å². The molecule has 0 aromatic carbocycles. The molecule has 5 saturated heterocycles. The summed E-state index contributed by atoms with van der Waals surface area (Å²) in [7, 11) is 0. The van der Waals surface area contributed by atoms with Crippen LogP contribution in [0.3, 0.4) is 0 Å². The number of amides is 1. The number of piperazine rings is 1. The highest BCUT2D eigenvalue weighted by Crippen LogP contribution is 1.96. The highest BCUT2D eigenvalue weighted by molar-refractivity contribution is 5.77. The first-order valence-corrected chi connectivity index (χ1v) is 12.4. The summed E-state index contributed by atoms with van der Waals surface area (Å²) in [5.41, 5.74) is 0. The number of rotatable bonds is 0. The molecule has 8 nitrogen and oxygen atoms in total. The standard InChI is InChI=1S/C5H11NO.C5H11N.C4H10N2.C4H7NO.C4H9N/c7-6-4-2-1-3-5-6;1-2-4-6-5-3-1;1-2-6-4-3-5-1;6-4-2-1-3-5-4;1-2-4-5-3-1/h6H,1-5H2;6H,1-5H2;5-6H,1-4H2;1-3H2,(H,5,6);5H,1-4H2. The van der Waals surface area contributed by atoms with Gasteiger partial charge in [-0.05, 0) is 77.5 Å². The third-order valence-corrected chi connectivity index (χ3v) is 5.44. The summed E-state index contributed by atoms with van der Waals surface area (Å²) in [6.07, 6.45) is 12.3. The lowest BCUT2D eigenvalue weighted by Crippen LogP contribution is -3.07. The predicted molar refractivity (Wildman–Crippen MR) is 125 cm³/mol. The smallest absolute Gasteiger partial charge is 0.220 e. The van der Waals surface area contributed by atoms with Gasteiger partial charge in [-0.15, -0.1) is 0 Å². The fraction of sp³-hybridized carbons (Fsp3) is 0.955. The summed E-state index contributed by atoms with van der Waals surface area (Å²) in [5.74, 6) is 0.204. The van der Waals surface area contributed by atoms with Gasteiger partial charge >= 0.3 is 0 Å². The monoisotopic (exact) mass is 428 g/mol. The van der Waals surface area contributed by atoms with Gasteiger partial charge in [0.25, 0.3) is 0 Å². The fourth-order valence-corrected chi connectivity index (χ4v) is 3.54. The first kappa shape index (κ1) is 27.3. The van der Waals surface area contributed by atoms with Crippen LogP contribution in [0.15, 0.2) is 0 Å². The number of carbonyl (C=O) groups excluding carboxylic acids is 1. The van der Waals surface area contributed by atoms with Gasteiger partial charge in [-0.1, -0.05) is 6.42 Å². The van der Waals surface area contributed by atoms with Crippen LogP contribution in [0.1, 0.15) is 64.2 Å². The third-order valence-electron chi connectivity index (χ3n) is 5.44. The Labute approximate surface area is 184 Å². The van der Waals surface area contributed by atoms with Crippen LogP contribution in [-0.2, 0) is 4.79 Å². The number of piperidine rings is 2. The maximum Gasteiger partial charge on any atom is 0.220 e. The van der Waals surface area contributed by atoms with Crippen molar-refractivity contribution in [3.8, 4) is 0 Å². The van der Waals surface area contributed by atoms with E-state index < -0.39 is 0 Å². The van der Waals surface area contributed by atoms with E-state index in [2.05, 4.69) is 26.6 Å². The molecule has 0 aliphatic carbocycles. The van der Waals surface area contributed by atoms with Gasteiger partial charge in [0, 0.05) is 39.1 Å². The molecule has 0 aromatic rings. The Morgan fingerprint density at radius 2 is 0.967 bits per heavy atom. The summed E-state index contributed by atoms with van der Waals surface area (Å²) < 4.78 is 0. The Balaban J connectivity index is 0.000000188. The second-order valence-corrected chi connectivity index (χ2v) is 8.32. The van der Waals surface area contributed by atoms with Gasteiger partial charge in [0.05, 0.1) is 13.1 Å². The number of hydrogen-bond acceptors (Lipinski definition) is 6. The molecule has 0 radical (unpaired) electrons. The van der Waals surface area contributed by atoms with E-state index in [1.54, 1.807) is 0 Å². The average molecular weight is 429 g/mol. The van der Waals surface area contributed by atoms with Crippen LogP contribution in [0.2, 0.25) is 0 Å². The third kappa shape index (κ3) is 19.2. The van der Waals surface area contributed by atoms with Crippen LogP contribution in [0.25, 0.3) is 0 Å². The van der Waals surface area contributed by atoms with Crippen LogP contribution in [0.4, 0.5) is 0 Å². The zero-order chi connectivity index (χ0) is 21.5. The average Bonchev–Trinajstić information content (AvgIpc) is 3.55. The lowest BCUT2D eigenvalue weighted by molar-refractivity contribution is -0.853. The maximum atomic E-state index is 10.5. The molecule has 8 heteroatoms. The first-order valence-electron chi connectivity index (χ1n) is 12.4. The van der Waals surface area contributed by atoms with Crippen molar-refractivity contribution in [2.45, 2.75) is 64.2 Å². The minimum Gasteiger partial charge on any atom is -0.634 e. The number of hydrogen-bond donors (Lipinski definition) is 6. The second kappa shape index (κ2) is 21.5. The molecule has 0 spiro atoms. The molecule has 5 aliphatic rings. The molecule has 178 valence electrons. The summed E-state index contributed by atoms with van der Waals surface area (Å²) in [5, 5.41) is 26.6. The van der Waals surface area contributed by atoms with Gasteiger partial charge in [-0.2, -0.15) is 0 Å². The molecule has 0 aromatic heterocycles. The number of quaternary nitrogens is 1. The quantitative estimate of drug-likeness (QED) is 0.298. The zero-order valence-electron chi connectivity index (χ0n) is 19.2. The zero-order valence-corrected chi connectivity index (χ0v) is 19.2. The topological polar surface area (TPSA) is 105 Å². The molecule has 0 bridgehead atoms. The predicted octanol–water partition coefficient (Wildman–Crippen LogP) is -0.242. The lowest BCUT2D eigenvalue weighted by atomic mass is 10.2. The number of nitrogens with one attached hydrogen (secondary N) is 6. The van der Waals surface area contributed by atoms with Crippen LogP contribution in [0.5, 0.6) is 0 Å². The van der Waals surface area contributed by atoms with Gasteiger partial charge in [0.15, 0.2) is 0 Å². The molecule has 0 saturated carbocycles. The van der Waals surface area contributed by atoms with E-state index >= 15 is 0 Å². The molecule has 1 amide bonds. The Hall–Kier alpha value is -0.770. The summed E-state index contributed by atoms with van der Waals surface area (Å²) in [6, 6.07) is 0. The summed E-state index contributed by atoms with van der Waals surface area (Å²) >= 11 is 0. The maximum absolute atomic E-state index is 10.5. The van der Waals surface area contributed by atoms with Crippen molar-refractivity contribution in [1.29, 1.82) is 0 Å². The van der Waals surface area contributed by atoms with E-state index in [0.717, 1.165) is 71.5 Å². The van der Waals surface area contributed by atoms with Crippen LogP contribution < -0.4 is 31.6 Å². The second-order valence-electron chi connectivity index (χ2n) is 8.32. The first-order chi connectivity index (χ1) is 14.8. The Morgan fingerprint density at radius 3 is 1.17 bits per heavy atom. The van der Waals surface area contributed by atoms with Gasteiger partial charge in [-0.3, -0.25) is 4.79 Å². The highest BCUT2D eigenvalue weighted by atomic mass is 16.5. The summed E-state index contributed by atoms with van der Waals surface area (Å²) in [4.78, 5) is 10.1. The molecule has 5 fully saturated rings. The van der Waals surface area contributed by atoms with Gasteiger partial charge in [0.1, 0.15) is 0 Å². The van der Waals surface area contributed by atoms with E-state index in [-0.39, 0.29) is 5.91 Å². The Kier molecular flexibility index (Phi) is 19.5. The molecule has 5 heterocycles. The van der Waals surface area contributed by atoms with Crippen LogP contribution >= 0.6 is 0 Å². The van der Waals surface area contributed by atoms with Crippen molar-refractivity contribution in [1.82, 2.24) is 26.6 Å². The van der Waals surface area contributed by atoms with Crippen molar-refractivity contribution in [3.05, 3.63) is 5.21 Å². The highest BCUT2D eigenvalue weighted by Gasteiger charge is 2.05. The molecule has 6 N–H and O–H groups in total. The van der Waals surface area contributed by atoms with Gasteiger partial charge < -0.3 is 36.9 Å². The minimum atomic E-state index is 0.204. The lowest BCUT2D eigenvalue weighted by Gasteiger charge is -2.25. The van der Waals surface area contributed by atoms with Crippen molar-refractivity contribution >= 4 is 5.91 Å². The van der Waals surface area contributed by atoms with Crippen molar-refractivity contribution in [3.63, 3.8) is 0 Å². The Morgan fingerprint density at radius 1 is 0.533 bits per heavy atom. The normalized spacial score (nSPS) is 23.7. The van der Waals surface area contributed by atoms with Crippen molar-refractivity contribution in [2.24, 2.45) is 0 Å². The molecular weight excluding hydrogens is 380 g/mol.